The summed E-state index contributed by atoms with van der Waals surface area (Å²) in [4.78, 5) is 18.9. The van der Waals surface area contributed by atoms with Crippen LogP contribution in [0.1, 0.15) is 30.7 Å². The second-order valence-corrected chi connectivity index (χ2v) is 5.31. The SMILES string of the molecule is COC(=O)Cc1ccccn1.C[C@H](N)C(CCO)c1ccccn1.Cl. The van der Waals surface area contributed by atoms with Crippen LogP contribution in [0.2, 0.25) is 0 Å². The van der Waals surface area contributed by atoms with Crippen LogP contribution in [0.3, 0.4) is 0 Å². The Labute approximate surface area is 154 Å². The van der Waals surface area contributed by atoms with Gasteiger partial charge in [0.15, 0.2) is 0 Å². The molecule has 138 valence electrons. The van der Waals surface area contributed by atoms with Crippen molar-refractivity contribution in [3.63, 3.8) is 0 Å². The standard InChI is InChI=1S/C10H16N2O.C8H9NO2.ClH/c1-8(11)9(5-7-13)10-4-2-3-6-12-10;1-11-8(10)6-7-4-2-3-5-9-7;/h2-4,6,8-9,13H,5,7,11H2,1H3;2-5H,6H2,1H3;1H/t8-,9?;;/m0../s1. The van der Waals surface area contributed by atoms with Crippen molar-refractivity contribution in [3.8, 4) is 0 Å². The van der Waals surface area contributed by atoms with Crippen molar-refractivity contribution in [1.29, 1.82) is 0 Å². The van der Waals surface area contributed by atoms with E-state index in [0.29, 0.717) is 6.42 Å². The second kappa shape index (κ2) is 13.3. The van der Waals surface area contributed by atoms with Crippen LogP contribution in [-0.2, 0) is 16.0 Å². The summed E-state index contributed by atoms with van der Waals surface area (Å²) in [6.07, 6.45) is 4.33. The summed E-state index contributed by atoms with van der Waals surface area (Å²) in [5.74, 6) is -0.102. The summed E-state index contributed by atoms with van der Waals surface area (Å²) in [5.41, 5.74) is 7.50. The van der Waals surface area contributed by atoms with Gasteiger partial charge >= 0.3 is 5.97 Å². The predicted octanol–water partition coefficient (Wildman–Crippen LogP) is 2.11. The summed E-state index contributed by atoms with van der Waals surface area (Å²) in [6, 6.07) is 11.2. The van der Waals surface area contributed by atoms with E-state index in [4.69, 9.17) is 10.8 Å². The number of aromatic nitrogens is 2. The van der Waals surface area contributed by atoms with E-state index in [2.05, 4.69) is 14.7 Å². The lowest BCUT2D eigenvalue weighted by molar-refractivity contribution is -0.139. The smallest absolute Gasteiger partial charge is 0.311 e. The Kier molecular flexibility index (Phi) is 12.2. The van der Waals surface area contributed by atoms with Gasteiger partial charge in [-0.15, -0.1) is 12.4 Å². The number of hydrogen-bond donors (Lipinski definition) is 2. The Morgan fingerprint density at radius 1 is 1.20 bits per heavy atom. The number of methoxy groups -OCH3 is 1. The lowest BCUT2D eigenvalue weighted by atomic mass is 9.94. The van der Waals surface area contributed by atoms with E-state index < -0.39 is 0 Å². The van der Waals surface area contributed by atoms with E-state index in [1.807, 2.05) is 31.2 Å². The molecule has 0 aliphatic carbocycles. The Hall–Kier alpha value is -2.02. The number of esters is 1. The first-order chi connectivity index (χ1) is 11.6. The Morgan fingerprint density at radius 2 is 1.84 bits per heavy atom. The van der Waals surface area contributed by atoms with E-state index in [9.17, 15) is 4.79 Å². The number of pyridine rings is 2. The van der Waals surface area contributed by atoms with Crippen LogP contribution < -0.4 is 5.73 Å². The molecule has 0 amide bonds. The quantitative estimate of drug-likeness (QED) is 0.759. The lowest BCUT2D eigenvalue weighted by Crippen LogP contribution is -2.26. The maximum absolute atomic E-state index is 10.7. The van der Waals surface area contributed by atoms with Gasteiger partial charge in [0.25, 0.3) is 0 Å². The van der Waals surface area contributed by atoms with E-state index in [-0.39, 0.29) is 43.4 Å². The molecule has 0 spiro atoms. The van der Waals surface area contributed by atoms with Gasteiger partial charge in [0, 0.05) is 36.7 Å². The van der Waals surface area contributed by atoms with Gasteiger partial charge in [0.05, 0.1) is 19.2 Å². The molecular formula is C18H26ClN3O3. The van der Waals surface area contributed by atoms with Crippen LogP contribution in [0.4, 0.5) is 0 Å². The number of carbonyl (C=O) groups excluding carboxylic acids is 1. The van der Waals surface area contributed by atoms with Gasteiger partial charge in [-0.2, -0.15) is 0 Å². The minimum atomic E-state index is -0.260. The van der Waals surface area contributed by atoms with Crippen LogP contribution in [0.25, 0.3) is 0 Å². The first-order valence-corrected chi connectivity index (χ1v) is 7.82. The number of ether oxygens (including phenoxy) is 1. The van der Waals surface area contributed by atoms with Crippen molar-refractivity contribution in [3.05, 3.63) is 60.2 Å². The third-order valence-electron chi connectivity index (χ3n) is 3.42. The molecule has 2 atom stereocenters. The molecule has 0 saturated heterocycles. The van der Waals surface area contributed by atoms with E-state index in [1.54, 1.807) is 24.5 Å². The first-order valence-electron chi connectivity index (χ1n) is 7.82. The number of aliphatic hydroxyl groups excluding tert-OH is 1. The molecule has 7 heteroatoms. The Bertz CT molecular complexity index is 583. The summed E-state index contributed by atoms with van der Waals surface area (Å²) >= 11 is 0. The molecule has 0 radical (unpaired) electrons. The zero-order chi connectivity index (χ0) is 17.8. The van der Waals surface area contributed by atoms with Crippen LogP contribution in [0.15, 0.2) is 48.8 Å². The van der Waals surface area contributed by atoms with Crippen molar-refractivity contribution >= 4 is 18.4 Å². The summed E-state index contributed by atoms with van der Waals surface area (Å²) < 4.78 is 4.48. The Morgan fingerprint density at radius 3 is 2.28 bits per heavy atom. The summed E-state index contributed by atoms with van der Waals surface area (Å²) in [5, 5.41) is 8.86. The highest BCUT2D eigenvalue weighted by molar-refractivity contribution is 5.85. The van der Waals surface area contributed by atoms with Gasteiger partial charge in [-0.1, -0.05) is 12.1 Å². The van der Waals surface area contributed by atoms with Gasteiger partial charge in [-0.05, 0) is 37.6 Å². The van der Waals surface area contributed by atoms with Gasteiger partial charge in [-0.3, -0.25) is 14.8 Å². The molecule has 0 aromatic carbocycles. The average Bonchev–Trinajstić information content (AvgIpc) is 2.61. The molecule has 0 fully saturated rings. The number of hydrogen-bond acceptors (Lipinski definition) is 6. The number of rotatable bonds is 6. The monoisotopic (exact) mass is 367 g/mol. The molecular weight excluding hydrogens is 342 g/mol. The zero-order valence-corrected chi connectivity index (χ0v) is 15.4. The van der Waals surface area contributed by atoms with E-state index in [1.165, 1.54) is 7.11 Å². The molecule has 25 heavy (non-hydrogen) atoms. The van der Waals surface area contributed by atoms with Crippen molar-refractivity contribution < 1.29 is 14.6 Å². The largest absolute Gasteiger partial charge is 0.469 e. The normalized spacial score (nSPS) is 12.0. The van der Waals surface area contributed by atoms with Gasteiger partial charge < -0.3 is 15.6 Å². The second-order valence-electron chi connectivity index (χ2n) is 5.31. The summed E-state index contributed by atoms with van der Waals surface area (Å²) in [6.45, 7) is 2.10. The molecule has 6 nitrogen and oxygen atoms in total. The molecule has 3 N–H and O–H groups in total. The highest BCUT2D eigenvalue weighted by atomic mass is 35.5. The summed E-state index contributed by atoms with van der Waals surface area (Å²) in [7, 11) is 1.37. The fourth-order valence-corrected chi connectivity index (χ4v) is 2.14. The predicted molar refractivity (Wildman–Crippen MR) is 99.5 cm³/mol. The number of halogens is 1. The van der Waals surface area contributed by atoms with E-state index >= 15 is 0 Å². The number of aliphatic hydroxyl groups is 1. The molecule has 2 aromatic rings. The fourth-order valence-electron chi connectivity index (χ4n) is 2.14. The Balaban J connectivity index is 0.000000449. The molecule has 0 aliphatic heterocycles. The molecule has 2 rings (SSSR count). The molecule has 1 unspecified atom stereocenters. The molecule has 2 aromatic heterocycles. The molecule has 2 heterocycles. The highest BCUT2D eigenvalue weighted by Crippen LogP contribution is 2.19. The van der Waals surface area contributed by atoms with Crippen molar-refractivity contribution in [2.75, 3.05) is 13.7 Å². The minimum Gasteiger partial charge on any atom is -0.469 e. The average molecular weight is 368 g/mol. The number of nitrogens with zero attached hydrogens (tertiary/aromatic N) is 2. The topological polar surface area (TPSA) is 98.3 Å². The van der Waals surface area contributed by atoms with Crippen molar-refractivity contribution in [2.24, 2.45) is 5.73 Å². The minimum absolute atomic E-state index is 0. The van der Waals surface area contributed by atoms with Gasteiger partial charge in [-0.25, -0.2) is 0 Å². The lowest BCUT2D eigenvalue weighted by Gasteiger charge is -2.18. The maximum Gasteiger partial charge on any atom is 0.311 e. The maximum atomic E-state index is 10.7. The first kappa shape index (κ1) is 23.0. The van der Waals surface area contributed by atoms with E-state index in [0.717, 1.165) is 11.4 Å². The third-order valence-corrected chi connectivity index (χ3v) is 3.42. The van der Waals surface area contributed by atoms with Crippen LogP contribution in [0, 0.1) is 0 Å². The third kappa shape index (κ3) is 9.14. The van der Waals surface area contributed by atoms with Crippen LogP contribution in [-0.4, -0.2) is 40.8 Å². The van der Waals surface area contributed by atoms with Gasteiger partial charge in [0.1, 0.15) is 0 Å². The molecule has 0 aliphatic rings. The van der Waals surface area contributed by atoms with Crippen molar-refractivity contribution in [2.45, 2.75) is 31.7 Å². The number of carbonyl (C=O) groups is 1. The molecule has 0 saturated carbocycles. The number of nitrogens with two attached hydrogens (primary N) is 1. The van der Waals surface area contributed by atoms with Crippen LogP contribution in [0.5, 0.6) is 0 Å². The van der Waals surface area contributed by atoms with Crippen LogP contribution >= 0.6 is 12.4 Å². The molecule has 0 bridgehead atoms. The zero-order valence-electron chi connectivity index (χ0n) is 14.5. The highest BCUT2D eigenvalue weighted by Gasteiger charge is 2.16. The fraction of sp³-hybridized carbons (Fsp3) is 0.389. The van der Waals surface area contributed by atoms with Crippen molar-refractivity contribution in [1.82, 2.24) is 9.97 Å². The van der Waals surface area contributed by atoms with Gasteiger partial charge in [0.2, 0.25) is 0 Å².